The second-order valence-electron chi connectivity index (χ2n) is 15.7. The van der Waals surface area contributed by atoms with Crippen molar-refractivity contribution in [2.75, 3.05) is 0 Å². The van der Waals surface area contributed by atoms with Gasteiger partial charge in [0.15, 0.2) is 0 Å². The van der Waals surface area contributed by atoms with Crippen molar-refractivity contribution in [2.24, 2.45) is 0 Å². The van der Waals surface area contributed by atoms with E-state index < -0.39 is 5.41 Å². The van der Waals surface area contributed by atoms with Crippen LogP contribution >= 0.6 is 0 Å². The molecule has 0 N–H and O–H groups in total. The lowest BCUT2D eigenvalue weighted by Crippen LogP contribution is -2.35. The van der Waals surface area contributed by atoms with Gasteiger partial charge in [-0.3, -0.25) is 0 Å². The molecule has 0 fully saturated rings. The van der Waals surface area contributed by atoms with Gasteiger partial charge in [0.2, 0.25) is 0 Å². The molecular formula is C55H35N3. The highest BCUT2D eigenvalue weighted by Gasteiger charge is 2.45. The number of nitrogens with zero attached hydrogens (tertiary/aromatic N) is 3. The molecule has 4 heterocycles. The second-order valence-corrected chi connectivity index (χ2v) is 15.7. The summed E-state index contributed by atoms with van der Waals surface area (Å²) in [4.78, 5) is 0. The third-order valence-corrected chi connectivity index (χ3v) is 12.9. The Balaban J connectivity index is 1.24. The van der Waals surface area contributed by atoms with E-state index in [2.05, 4.69) is 226 Å². The first-order valence-electron chi connectivity index (χ1n) is 20.1. The van der Waals surface area contributed by atoms with Gasteiger partial charge in [-0.25, -0.2) is 0 Å². The summed E-state index contributed by atoms with van der Waals surface area (Å²) in [5.74, 6) is 0. The van der Waals surface area contributed by atoms with Crippen LogP contribution in [0.4, 0.5) is 0 Å². The van der Waals surface area contributed by atoms with E-state index in [1.807, 2.05) is 0 Å². The number of hydrogen-bond acceptors (Lipinski definition) is 0. The van der Waals surface area contributed by atoms with Crippen LogP contribution in [0.5, 0.6) is 0 Å². The SMILES string of the molecule is c1ccc(C2(c3ccccc3)c3ccccc3-n3c4ccc(-n5c6ccccc6c6ccccc65)cc4c4cc(-n5c6ccccc6c6ccccc65)cc2c43)cc1. The molecule has 9 aromatic carbocycles. The van der Waals surface area contributed by atoms with Crippen molar-refractivity contribution in [3.63, 3.8) is 0 Å². The summed E-state index contributed by atoms with van der Waals surface area (Å²) in [6, 6.07) is 78.8. The summed E-state index contributed by atoms with van der Waals surface area (Å²) in [5.41, 5.74) is 15.2. The van der Waals surface area contributed by atoms with Gasteiger partial charge >= 0.3 is 0 Å². The van der Waals surface area contributed by atoms with E-state index in [0.29, 0.717) is 0 Å². The highest BCUT2D eigenvalue weighted by atomic mass is 15.0. The first-order chi connectivity index (χ1) is 28.8. The molecule has 0 aliphatic carbocycles. The fourth-order valence-corrected chi connectivity index (χ4v) is 10.6. The average Bonchev–Trinajstić information content (AvgIpc) is 3.93. The number of rotatable bonds is 4. The van der Waals surface area contributed by atoms with Gasteiger partial charge in [-0.15, -0.1) is 0 Å². The van der Waals surface area contributed by atoms with Gasteiger partial charge in [0.05, 0.1) is 44.2 Å². The van der Waals surface area contributed by atoms with Crippen LogP contribution in [0.25, 0.3) is 82.5 Å². The van der Waals surface area contributed by atoms with Crippen molar-refractivity contribution in [3.8, 4) is 17.1 Å². The molecule has 0 spiro atoms. The molecule has 12 aromatic rings. The summed E-state index contributed by atoms with van der Waals surface area (Å²) in [6.07, 6.45) is 0. The summed E-state index contributed by atoms with van der Waals surface area (Å²) in [6.45, 7) is 0. The number of fused-ring (bicyclic) bond motifs is 11. The van der Waals surface area contributed by atoms with Crippen molar-refractivity contribution >= 4 is 65.4 Å². The third-order valence-electron chi connectivity index (χ3n) is 12.9. The quantitative estimate of drug-likeness (QED) is 0.171. The van der Waals surface area contributed by atoms with Crippen molar-refractivity contribution in [2.45, 2.75) is 5.41 Å². The third kappa shape index (κ3) is 4.02. The van der Waals surface area contributed by atoms with E-state index >= 15 is 0 Å². The molecule has 3 aromatic heterocycles. The molecule has 58 heavy (non-hydrogen) atoms. The highest BCUT2D eigenvalue weighted by Crippen LogP contribution is 2.55. The molecule has 0 bridgehead atoms. The molecule has 13 rings (SSSR count). The van der Waals surface area contributed by atoms with Gasteiger partial charge in [-0.05, 0) is 82.9 Å². The zero-order valence-corrected chi connectivity index (χ0v) is 31.5. The van der Waals surface area contributed by atoms with Crippen LogP contribution in [0.3, 0.4) is 0 Å². The minimum Gasteiger partial charge on any atom is -0.309 e. The molecule has 0 radical (unpaired) electrons. The zero-order chi connectivity index (χ0) is 38.0. The van der Waals surface area contributed by atoms with E-state index in [9.17, 15) is 0 Å². The largest absolute Gasteiger partial charge is 0.309 e. The first kappa shape index (κ1) is 31.6. The predicted molar refractivity (Wildman–Crippen MR) is 241 cm³/mol. The number of aromatic nitrogens is 3. The van der Waals surface area contributed by atoms with E-state index in [0.717, 1.165) is 11.4 Å². The van der Waals surface area contributed by atoms with Crippen molar-refractivity contribution in [3.05, 3.63) is 235 Å². The van der Waals surface area contributed by atoms with Crippen molar-refractivity contribution in [1.82, 2.24) is 13.7 Å². The zero-order valence-electron chi connectivity index (χ0n) is 31.5. The Kier molecular flexibility index (Phi) is 6.37. The van der Waals surface area contributed by atoms with E-state index in [4.69, 9.17) is 0 Å². The fraction of sp³-hybridized carbons (Fsp3) is 0.0182. The van der Waals surface area contributed by atoms with Crippen LogP contribution in [0, 0.1) is 0 Å². The number of para-hydroxylation sites is 5. The maximum Gasteiger partial charge on any atom is 0.0743 e. The van der Waals surface area contributed by atoms with Crippen LogP contribution < -0.4 is 0 Å². The normalized spacial score (nSPS) is 13.3. The Morgan fingerprint density at radius 1 is 0.276 bits per heavy atom. The fourth-order valence-electron chi connectivity index (χ4n) is 10.6. The minimum absolute atomic E-state index is 0.605. The molecule has 3 nitrogen and oxygen atoms in total. The topological polar surface area (TPSA) is 14.8 Å². The van der Waals surface area contributed by atoms with E-state index in [-0.39, 0.29) is 0 Å². The van der Waals surface area contributed by atoms with Crippen LogP contribution in [0.1, 0.15) is 22.3 Å². The van der Waals surface area contributed by atoms with Gasteiger partial charge in [-0.1, -0.05) is 152 Å². The van der Waals surface area contributed by atoms with Gasteiger partial charge in [0, 0.05) is 43.7 Å². The Bertz CT molecular complexity index is 3470. The first-order valence-corrected chi connectivity index (χ1v) is 20.1. The van der Waals surface area contributed by atoms with Crippen LogP contribution in [-0.2, 0) is 5.41 Å². The molecule has 0 atom stereocenters. The molecule has 270 valence electrons. The predicted octanol–water partition coefficient (Wildman–Crippen LogP) is 13.7. The maximum absolute atomic E-state index is 2.55. The van der Waals surface area contributed by atoms with Crippen molar-refractivity contribution in [1.29, 1.82) is 0 Å². The van der Waals surface area contributed by atoms with Gasteiger partial charge in [0.25, 0.3) is 0 Å². The van der Waals surface area contributed by atoms with Gasteiger partial charge < -0.3 is 13.7 Å². The number of benzene rings is 9. The lowest BCUT2D eigenvalue weighted by molar-refractivity contribution is 0.727. The molecule has 1 aliphatic rings. The van der Waals surface area contributed by atoms with Gasteiger partial charge in [-0.2, -0.15) is 0 Å². The lowest BCUT2D eigenvalue weighted by Gasteiger charge is -2.42. The van der Waals surface area contributed by atoms with Crippen molar-refractivity contribution < 1.29 is 0 Å². The highest BCUT2D eigenvalue weighted by molar-refractivity contribution is 6.16. The van der Waals surface area contributed by atoms with Gasteiger partial charge in [0.1, 0.15) is 0 Å². The van der Waals surface area contributed by atoms with Crippen LogP contribution in [-0.4, -0.2) is 13.7 Å². The van der Waals surface area contributed by atoms with E-state index in [1.54, 1.807) is 0 Å². The summed E-state index contributed by atoms with van der Waals surface area (Å²) in [7, 11) is 0. The summed E-state index contributed by atoms with van der Waals surface area (Å²) in [5, 5.41) is 7.50. The average molecular weight is 738 g/mol. The lowest BCUT2D eigenvalue weighted by atomic mass is 9.63. The second kappa shape index (κ2) is 11.7. The summed E-state index contributed by atoms with van der Waals surface area (Å²) >= 11 is 0. The standard InChI is InChI=1S/C55H35N3/c1-3-17-36(18-4-1)55(37-19-5-2-6-20-37)46-25-11-16-30-53(46)58-52-32-31-38(56-48-26-12-7-21-40(48)41-22-8-13-27-49(41)56)33-44(52)45-34-39(35-47(55)54(45)58)57-50-28-14-9-23-42(50)43-24-10-15-29-51(43)57/h1-35H. The Morgan fingerprint density at radius 3 is 1.26 bits per heavy atom. The Hall–Kier alpha value is -7.62. The van der Waals surface area contributed by atoms with E-state index in [1.165, 1.54) is 93.4 Å². The molecular weight excluding hydrogens is 703 g/mol. The molecule has 0 saturated heterocycles. The monoisotopic (exact) mass is 737 g/mol. The molecule has 0 unspecified atom stereocenters. The number of hydrogen-bond donors (Lipinski definition) is 0. The molecule has 3 heteroatoms. The minimum atomic E-state index is -0.605. The van der Waals surface area contributed by atoms with Crippen LogP contribution in [0.2, 0.25) is 0 Å². The Morgan fingerprint density at radius 2 is 0.707 bits per heavy atom. The maximum atomic E-state index is 2.55. The smallest absolute Gasteiger partial charge is 0.0743 e. The molecule has 1 aliphatic heterocycles. The summed E-state index contributed by atoms with van der Waals surface area (Å²) < 4.78 is 7.48. The molecule has 0 saturated carbocycles. The molecule has 0 amide bonds. The Labute approximate surface area is 334 Å². The van der Waals surface area contributed by atoms with Crippen LogP contribution in [0.15, 0.2) is 212 Å².